The summed E-state index contributed by atoms with van der Waals surface area (Å²) in [6.07, 6.45) is 0. The molecule has 0 aromatic heterocycles. The SMILES string of the molecule is Cc1ccc(NC(=O)CN(C(=O)c2ccc(C)cc2)c2ccccc2)cc1. The molecule has 0 saturated carbocycles. The van der Waals surface area contributed by atoms with E-state index in [0.717, 1.165) is 11.1 Å². The van der Waals surface area contributed by atoms with E-state index in [1.807, 2.05) is 80.6 Å². The Morgan fingerprint density at radius 3 is 1.93 bits per heavy atom. The minimum absolute atomic E-state index is 0.0649. The number of benzene rings is 3. The summed E-state index contributed by atoms with van der Waals surface area (Å²) in [4.78, 5) is 27.1. The van der Waals surface area contributed by atoms with Crippen LogP contribution in [0.1, 0.15) is 21.5 Å². The maximum atomic E-state index is 13.0. The van der Waals surface area contributed by atoms with Gasteiger partial charge in [0.1, 0.15) is 6.54 Å². The molecule has 0 saturated heterocycles. The van der Waals surface area contributed by atoms with Crippen LogP contribution in [0, 0.1) is 13.8 Å². The molecular formula is C23H22N2O2. The van der Waals surface area contributed by atoms with Gasteiger partial charge in [-0.2, -0.15) is 0 Å². The number of anilines is 2. The summed E-state index contributed by atoms with van der Waals surface area (Å²) in [6.45, 7) is 3.89. The molecule has 27 heavy (non-hydrogen) atoms. The van der Waals surface area contributed by atoms with Crippen molar-refractivity contribution in [3.8, 4) is 0 Å². The Morgan fingerprint density at radius 1 is 0.778 bits per heavy atom. The molecule has 3 aromatic carbocycles. The minimum Gasteiger partial charge on any atom is -0.325 e. The lowest BCUT2D eigenvalue weighted by Gasteiger charge is -2.22. The topological polar surface area (TPSA) is 49.4 Å². The third-order valence-corrected chi connectivity index (χ3v) is 4.25. The summed E-state index contributed by atoms with van der Waals surface area (Å²) < 4.78 is 0. The Bertz CT molecular complexity index is 917. The number of hydrogen-bond donors (Lipinski definition) is 1. The second-order valence-electron chi connectivity index (χ2n) is 6.51. The number of carbonyl (C=O) groups excluding carboxylic acids is 2. The fraction of sp³-hybridized carbons (Fsp3) is 0.130. The van der Waals surface area contributed by atoms with E-state index in [4.69, 9.17) is 0 Å². The van der Waals surface area contributed by atoms with Crippen molar-refractivity contribution >= 4 is 23.2 Å². The van der Waals surface area contributed by atoms with E-state index in [0.29, 0.717) is 16.9 Å². The predicted molar refractivity (Wildman–Crippen MR) is 109 cm³/mol. The van der Waals surface area contributed by atoms with Crippen LogP contribution in [-0.2, 0) is 4.79 Å². The molecular weight excluding hydrogens is 336 g/mol. The summed E-state index contributed by atoms with van der Waals surface area (Å²) in [5, 5.41) is 2.85. The van der Waals surface area contributed by atoms with Crippen LogP contribution in [-0.4, -0.2) is 18.4 Å². The zero-order valence-electron chi connectivity index (χ0n) is 15.5. The zero-order chi connectivity index (χ0) is 19.2. The van der Waals surface area contributed by atoms with Gasteiger partial charge in [-0.1, -0.05) is 53.6 Å². The molecule has 0 fully saturated rings. The normalized spacial score (nSPS) is 10.3. The smallest absolute Gasteiger partial charge is 0.258 e. The van der Waals surface area contributed by atoms with Crippen LogP contribution in [0.4, 0.5) is 11.4 Å². The zero-order valence-corrected chi connectivity index (χ0v) is 15.5. The number of nitrogens with one attached hydrogen (secondary N) is 1. The average molecular weight is 358 g/mol. The van der Waals surface area contributed by atoms with Gasteiger partial charge in [-0.05, 0) is 50.2 Å². The van der Waals surface area contributed by atoms with Crippen molar-refractivity contribution in [3.63, 3.8) is 0 Å². The fourth-order valence-electron chi connectivity index (χ4n) is 2.72. The molecule has 136 valence electrons. The lowest BCUT2D eigenvalue weighted by atomic mass is 10.1. The average Bonchev–Trinajstić information content (AvgIpc) is 2.69. The molecule has 3 rings (SSSR count). The summed E-state index contributed by atoms with van der Waals surface area (Å²) in [7, 11) is 0. The summed E-state index contributed by atoms with van der Waals surface area (Å²) in [6, 6.07) is 24.1. The van der Waals surface area contributed by atoms with Gasteiger partial charge >= 0.3 is 0 Å². The fourth-order valence-corrected chi connectivity index (χ4v) is 2.72. The van der Waals surface area contributed by atoms with E-state index in [9.17, 15) is 9.59 Å². The number of rotatable bonds is 5. The molecule has 4 nitrogen and oxygen atoms in total. The van der Waals surface area contributed by atoms with Crippen LogP contribution in [0.3, 0.4) is 0 Å². The van der Waals surface area contributed by atoms with Gasteiger partial charge in [-0.25, -0.2) is 0 Å². The van der Waals surface area contributed by atoms with E-state index >= 15 is 0 Å². The number of aryl methyl sites for hydroxylation is 2. The molecule has 0 bridgehead atoms. The molecule has 0 aliphatic rings. The summed E-state index contributed by atoms with van der Waals surface area (Å²) in [5.41, 5.74) is 4.14. The lowest BCUT2D eigenvalue weighted by molar-refractivity contribution is -0.114. The van der Waals surface area contributed by atoms with E-state index in [-0.39, 0.29) is 18.4 Å². The first-order valence-corrected chi connectivity index (χ1v) is 8.83. The van der Waals surface area contributed by atoms with Gasteiger partial charge in [-0.3, -0.25) is 14.5 Å². The van der Waals surface area contributed by atoms with Gasteiger partial charge in [-0.15, -0.1) is 0 Å². The van der Waals surface area contributed by atoms with Gasteiger partial charge in [0.2, 0.25) is 5.91 Å². The van der Waals surface area contributed by atoms with Crippen LogP contribution in [0.2, 0.25) is 0 Å². The first-order valence-electron chi connectivity index (χ1n) is 8.83. The second-order valence-corrected chi connectivity index (χ2v) is 6.51. The highest BCUT2D eigenvalue weighted by Gasteiger charge is 2.20. The standard InChI is InChI=1S/C23H22N2O2/c1-17-8-12-19(13-9-17)23(27)25(21-6-4-3-5-7-21)16-22(26)24-20-14-10-18(2)11-15-20/h3-15H,16H2,1-2H3,(H,24,26). The Labute approximate surface area is 159 Å². The maximum absolute atomic E-state index is 13.0. The molecule has 0 spiro atoms. The molecule has 0 radical (unpaired) electrons. The quantitative estimate of drug-likeness (QED) is 0.725. The van der Waals surface area contributed by atoms with Gasteiger partial charge in [0, 0.05) is 16.9 Å². The molecule has 0 unspecified atom stereocenters. The number of carbonyl (C=O) groups is 2. The van der Waals surface area contributed by atoms with Gasteiger partial charge in [0.05, 0.1) is 0 Å². The first kappa shape index (κ1) is 18.4. The Morgan fingerprint density at radius 2 is 1.33 bits per heavy atom. The summed E-state index contributed by atoms with van der Waals surface area (Å²) >= 11 is 0. The molecule has 0 heterocycles. The highest BCUT2D eigenvalue weighted by molar-refractivity contribution is 6.10. The van der Waals surface area contributed by atoms with Crippen molar-refractivity contribution in [2.24, 2.45) is 0 Å². The Hall–Kier alpha value is -3.40. The first-order chi connectivity index (χ1) is 13.0. The van der Waals surface area contributed by atoms with E-state index in [1.54, 1.807) is 12.1 Å². The monoisotopic (exact) mass is 358 g/mol. The molecule has 2 amide bonds. The molecule has 0 aliphatic carbocycles. The highest BCUT2D eigenvalue weighted by Crippen LogP contribution is 2.18. The Balaban J connectivity index is 1.81. The number of para-hydroxylation sites is 1. The van der Waals surface area contributed by atoms with Crippen molar-refractivity contribution in [2.75, 3.05) is 16.8 Å². The van der Waals surface area contributed by atoms with Crippen molar-refractivity contribution in [1.29, 1.82) is 0 Å². The molecule has 3 aromatic rings. The van der Waals surface area contributed by atoms with Gasteiger partial charge < -0.3 is 5.32 Å². The van der Waals surface area contributed by atoms with E-state index in [1.165, 1.54) is 4.90 Å². The van der Waals surface area contributed by atoms with Crippen LogP contribution < -0.4 is 10.2 Å². The van der Waals surface area contributed by atoms with Crippen LogP contribution in [0.5, 0.6) is 0 Å². The van der Waals surface area contributed by atoms with Crippen molar-refractivity contribution < 1.29 is 9.59 Å². The van der Waals surface area contributed by atoms with Crippen LogP contribution in [0.15, 0.2) is 78.9 Å². The minimum atomic E-state index is -0.247. The molecule has 0 aliphatic heterocycles. The van der Waals surface area contributed by atoms with E-state index in [2.05, 4.69) is 5.32 Å². The van der Waals surface area contributed by atoms with Crippen molar-refractivity contribution in [2.45, 2.75) is 13.8 Å². The number of hydrogen-bond acceptors (Lipinski definition) is 2. The highest BCUT2D eigenvalue weighted by atomic mass is 16.2. The largest absolute Gasteiger partial charge is 0.325 e. The summed E-state index contributed by atoms with van der Waals surface area (Å²) in [5.74, 6) is -0.455. The molecule has 0 atom stereocenters. The van der Waals surface area contributed by atoms with Crippen molar-refractivity contribution in [3.05, 3.63) is 95.6 Å². The number of amides is 2. The second kappa shape index (κ2) is 8.32. The van der Waals surface area contributed by atoms with Gasteiger partial charge in [0.15, 0.2) is 0 Å². The molecule has 1 N–H and O–H groups in total. The molecule has 4 heteroatoms. The predicted octanol–water partition coefficient (Wildman–Crippen LogP) is 4.59. The lowest BCUT2D eigenvalue weighted by Crippen LogP contribution is -2.38. The van der Waals surface area contributed by atoms with Crippen LogP contribution in [0.25, 0.3) is 0 Å². The number of nitrogens with zero attached hydrogens (tertiary/aromatic N) is 1. The van der Waals surface area contributed by atoms with E-state index < -0.39 is 0 Å². The third kappa shape index (κ3) is 4.82. The Kier molecular flexibility index (Phi) is 5.67. The van der Waals surface area contributed by atoms with Gasteiger partial charge in [0.25, 0.3) is 5.91 Å². The van der Waals surface area contributed by atoms with Crippen molar-refractivity contribution in [1.82, 2.24) is 0 Å². The van der Waals surface area contributed by atoms with Crippen LogP contribution >= 0.6 is 0 Å². The maximum Gasteiger partial charge on any atom is 0.258 e. The third-order valence-electron chi connectivity index (χ3n) is 4.25.